The molecule has 5 heteroatoms. The standard InChI is InChI=1S/C19H23NO4/c1-12-4-3-5-16(13(12)2)20-18(21)11-23-15-8-6-14-7-9-19(22)24-17(14)10-15/h6-10,12-13,16H,3-5,11H2,1-2H3,(H,20,21)/t12-,13-,16+/m1/s1. The van der Waals surface area contributed by atoms with E-state index in [-0.39, 0.29) is 18.6 Å². The van der Waals surface area contributed by atoms with Crippen LogP contribution in [0, 0.1) is 11.8 Å². The van der Waals surface area contributed by atoms with E-state index in [4.69, 9.17) is 9.15 Å². The van der Waals surface area contributed by atoms with E-state index in [1.165, 1.54) is 12.5 Å². The molecule has 24 heavy (non-hydrogen) atoms. The Kier molecular flexibility index (Phi) is 4.88. The minimum absolute atomic E-state index is 0.0415. The van der Waals surface area contributed by atoms with E-state index >= 15 is 0 Å². The third-order valence-electron chi connectivity index (χ3n) is 5.02. The molecule has 1 amide bonds. The van der Waals surface area contributed by atoms with Crippen LogP contribution in [0.25, 0.3) is 11.0 Å². The second-order valence-corrected chi connectivity index (χ2v) is 6.68. The van der Waals surface area contributed by atoms with Gasteiger partial charge in [-0.1, -0.05) is 26.7 Å². The number of hydrogen-bond acceptors (Lipinski definition) is 4. The van der Waals surface area contributed by atoms with Crippen molar-refractivity contribution in [3.05, 3.63) is 40.8 Å². The molecule has 2 aromatic rings. The van der Waals surface area contributed by atoms with Crippen molar-refractivity contribution >= 4 is 16.9 Å². The number of carbonyl (C=O) groups is 1. The quantitative estimate of drug-likeness (QED) is 0.875. The lowest BCUT2D eigenvalue weighted by Gasteiger charge is -2.34. The summed E-state index contributed by atoms with van der Waals surface area (Å²) in [6.07, 6.45) is 3.41. The van der Waals surface area contributed by atoms with E-state index < -0.39 is 5.63 Å². The maximum Gasteiger partial charge on any atom is 0.336 e. The highest BCUT2D eigenvalue weighted by atomic mass is 16.5. The minimum Gasteiger partial charge on any atom is -0.484 e. The van der Waals surface area contributed by atoms with Crippen molar-refractivity contribution in [2.75, 3.05) is 6.61 Å². The maximum atomic E-state index is 12.1. The van der Waals surface area contributed by atoms with Crippen LogP contribution in [-0.4, -0.2) is 18.6 Å². The lowest BCUT2D eigenvalue weighted by Crippen LogP contribution is -2.45. The van der Waals surface area contributed by atoms with Crippen LogP contribution < -0.4 is 15.7 Å². The Labute approximate surface area is 141 Å². The van der Waals surface area contributed by atoms with E-state index in [2.05, 4.69) is 19.2 Å². The summed E-state index contributed by atoms with van der Waals surface area (Å²) in [5, 5.41) is 3.89. The Hall–Kier alpha value is -2.30. The highest BCUT2D eigenvalue weighted by molar-refractivity contribution is 5.79. The molecule has 0 aliphatic heterocycles. The topological polar surface area (TPSA) is 68.5 Å². The summed E-state index contributed by atoms with van der Waals surface area (Å²) in [5.41, 5.74) is 0.0490. The molecule has 3 atom stereocenters. The van der Waals surface area contributed by atoms with Crippen molar-refractivity contribution < 1.29 is 13.9 Å². The Bertz CT molecular complexity index is 782. The van der Waals surface area contributed by atoms with Gasteiger partial charge in [-0.25, -0.2) is 4.79 Å². The van der Waals surface area contributed by atoms with Gasteiger partial charge in [0, 0.05) is 23.6 Å². The highest BCUT2D eigenvalue weighted by Gasteiger charge is 2.28. The molecule has 1 N–H and O–H groups in total. The van der Waals surface area contributed by atoms with Gasteiger partial charge in [-0.2, -0.15) is 0 Å². The molecule has 0 saturated heterocycles. The van der Waals surface area contributed by atoms with Crippen LogP contribution in [0.15, 0.2) is 39.5 Å². The third kappa shape index (κ3) is 3.78. The number of rotatable bonds is 4. The number of benzene rings is 1. The lowest BCUT2D eigenvalue weighted by atomic mass is 9.78. The van der Waals surface area contributed by atoms with Gasteiger partial charge in [0.1, 0.15) is 11.3 Å². The van der Waals surface area contributed by atoms with Gasteiger partial charge >= 0.3 is 5.63 Å². The second kappa shape index (κ2) is 7.07. The molecule has 1 fully saturated rings. The molecule has 1 aromatic heterocycles. The largest absolute Gasteiger partial charge is 0.484 e. The molecule has 1 saturated carbocycles. The average molecular weight is 329 g/mol. The summed E-state index contributed by atoms with van der Waals surface area (Å²) in [6, 6.07) is 8.50. The molecule has 1 aromatic carbocycles. The number of ether oxygens (including phenoxy) is 1. The summed E-state index contributed by atoms with van der Waals surface area (Å²) in [5.74, 6) is 1.51. The number of nitrogens with one attached hydrogen (secondary N) is 1. The molecule has 128 valence electrons. The predicted octanol–water partition coefficient (Wildman–Crippen LogP) is 3.11. The van der Waals surface area contributed by atoms with E-state index in [0.717, 1.165) is 18.2 Å². The van der Waals surface area contributed by atoms with E-state index in [9.17, 15) is 9.59 Å². The van der Waals surface area contributed by atoms with E-state index in [1.807, 2.05) is 0 Å². The van der Waals surface area contributed by atoms with Crippen molar-refractivity contribution in [1.82, 2.24) is 5.32 Å². The lowest BCUT2D eigenvalue weighted by molar-refractivity contribution is -0.124. The molecule has 5 nitrogen and oxygen atoms in total. The molecule has 0 bridgehead atoms. The zero-order chi connectivity index (χ0) is 17.1. The van der Waals surface area contributed by atoms with Crippen molar-refractivity contribution in [2.24, 2.45) is 11.8 Å². The van der Waals surface area contributed by atoms with Crippen LogP contribution in [0.3, 0.4) is 0 Å². The van der Waals surface area contributed by atoms with Crippen molar-refractivity contribution in [2.45, 2.75) is 39.2 Å². The van der Waals surface area contributed by atoms with Crippen LogP contribution >= 0.6 is 0 Å². The first-order valence-corrected chi connectivity index (χ1v) is 8.49. The molecular weight excluding hydrogens is 306 g/mol. The van der Waals surface area contributed by atoms with Gasteiger partial charge in [0.15, 0.2) is 6.61 Å². The Morgan fingerprint density at radius 3 is 2.88 bits per heavy atom. The molecule has 1 aliphatic rings. The second-order valence-electron chi connectivity index (χ2n) is 6.68. The van der Waals surface area contributed by atoms with E-state index in [1.54, 1.807) is 24.3 Å². The Morgan fingerprint density at radius 1 is 1.25 bits per heavy atom. The smallest absolute Gasteiger partial charge is 0.336 e. The number of amides is 1. The van der Waals surface area contributed by atoms with Gasteiger partial charge in [0.05, 0.1) is 0 Å². The fourth-order valence-electron chi connectivity index (χ4n) is 3.31. The van der Waals surface area contributed by atoms with Crippen LogP contribution in [0.1, 0.15) is 33.1 Å². The summed E-state index contributed by atoms with van der Waals surface area (Å²) in [6.45, 7) is 4.39. The predicted molar refractivity (Wildman–Crippen MR) is 92.1 cm³/mol. The Balaban J connectivity index is 1.59. The van der Waals surface area contributed by atoms with Gasteiger partial charge in [-0.05, 0) is 36.5 Å². The van der Waals surface area contributed by atoms with Crippen molar-refractivity contribution in [1.29, 1.82) is 0 Å². The first kappa shape index (κ1) is 16.6. The van der Waals surface area contributed by atoms with Crippen molar-refractivity contribution in [3.63, 3.8) is 0 Å². The molecule has 0 unspecified atom stereocenters. The summed E-state index contributed by atoms with van der Waals surface area (Å²) < 4.78 is 10.7. The van der Waals surface area contributed by atoms with Gasteiger partial charge < -0.3 is 14.5 Å². The fraction of sp³-hybridized carbons (Fsp3) is 0.474. The molecule has 1 heterocycles. The van der Waals surface area contributed by atoms with Gasteiger partial charge in [-0.15, -0.1) is 0 Å². The van der Waals surface area contributed by atoms with Crippen LogP contribution in [0.4, 0.5) is 0 Å². The monoisotopic (exact) mass is 329 g/mol. The summed E-state index contributed by atoms with van der Waals surface area (Å²) >= 11 is 0. The fourth-order valence-corrected chi connectivity index (χ4v) is 3.31. The number of fused-ring (bicyclic) bond motifs is 1. The van der Waals surface area contributed by atoms with Crippen LogP contribution in [0.5, 0.6) is 5.75 Å². The number of hydrogen-bond donors (Lipinski definition) is 1. The molecular formula is C19H23NO4. The van der Waals surface area contributed by atoms with Gasteiger partial charge in [0.2, 0.25) is 0 Å². The molecule has 3 rings (SSSR count). The average Bonchev–Trinajstić information content (AvgIpc) is 2.57. The molecule has 1 aliphatic carbocycles. The van der Waals surface area contributed by atoms with E-state index in [0.29, 0.717) is 23.2 Å². The van der Waals surface area contributed by atoms with Gasteiger partial charge in [0.25, 0.3) is 5.91 Å². The minimum atomic E-state index is -0.405. The first-order chi connectivity index (χ1) is 11.5. The molecule has 0 radical (unpaired) electrons. The van der Waals surface area contributed by atoms with Crippen LogP contribution in [0.2, 0.25) is 0 Å². The molecule has 0 spiro atoms. The summed E-state index contributed by atoms with van der Waals surface area (Å²) in [7, 11) is 0. The zero-order valence-corrected chi connectivity index (χ0v) is 14.1. The van der Waals surface area contributed by atoms with Crippen LogP contribution in [-0.2, 0) is 4.79 Å². The first-order valence-electron chi connectivity index (χ1n) is 8.49. The highest BCUT2D eigenvalue weighted by Crippen LogP contribution is 2.29. The third-order valence-corrected chi connectivity index (χ3v) is 5.02. The SMILES string of the molecule is C[C@@H]1[C@H](C)CCC[C@@H]1NC(=O)COc1ccc2ccc(=O)oc2c1. The van der Waals surface area contributed by atoms with Gasteiger partial charge in [-0.3, -0.25) is 4.79 Å². The Morgan fingerprint density at radius 2 is 2.04 bits per heavy atom. The normalized spacial score (nSPS) is 23.8. The number of carbonyl (C=O) groups excluding carboxylic acids is 1. The summed E-state index contributed by atoms with van der Waals surface area (Å²) in [4.78, 5) is 23.4. The zero-order valence-electron chi connectivity index (χ0n) is 14.1. The maximum absolute atomic E-state index is 12.1. The van der Waals surface area contributed by atoms with Crippen molar-refractivity contribution in [3.8, 4) is 5.75 Å².